The van der Waals surface area contributed by atoms with Gasteiger partial charge in [0.1, 0.15) is 17.4 Å². The summed E-state index contributed by atoms with van der Waals surface area (Å²) in [6, 6.07) is 13.6. The molecule has 1 fully saturated rings. The average Bonchev–Trinajstić information content (AvgIpc) is 2.82. The third-order valence-corrected chi connectivity index (χ3v) is 6.35. The molecule has 6 nitrogen and oxygen atoms in total. The Labute approximate surface area is 197 Å². The van der Waals surface area contributed by atoms with E-state index in [-0.39, 0.29) is 22.7 Å². The summed E-state index contributed by atoms with van der Waals surface area (Å²) in [5, 5.41) is 10.9. The SMILES string of the molecule is COCCn1c(C)cc(O)c([C@@H](c2cccc(F)c2)N2CCN(c3ccccc3F)CC2)c1=O. The normalized spacial score (nSPS) is 15.5. The number of aryl methyl sites for hydroxylation is 1. The zero-order chi connectivity index (χ0) is 24.2. The van der Waals surface area contributed by atoms with Gasteiger partial charge in [-0.2, -0.15) is 0 Å². The van der Waals surface area contributed by atoms with Crippen LogP contribution >= 0.6 is 0 Å². The molecule has 1 atom stereocenters. The maximum Gasteiger partial charge on any atom is 0.259 e. The molecule has 0 bridgehead atoms. The highest BCUT2D eigenvalue weighted by atomic mass is 19.1. The van der Waals surface area contributed by atoms with E-state index in [1.807, 2.05) is 9.80 Å². The number of methoxy groups -OCH3 is 1. The molecule has 2 heterocycles. The zero-order valence-corrected chi connectivity index (χ0v) is 19.4. The van der Waals surface area contributed by atoms with Gasteiger partial charge in [0.25, 0.3) is 5.56 Å². The fraction of sp³-hybridized carbons (Fsp3) is 0.346. The van der Waals surface area contributed by atoms with Gasteiger partial charge in [-0.05, 0) is 42.8 Å². The van der Waals surface area contributed by atoms with Crippen molar-refractivity contribution < 1.29 is 18.6 Å². The van der Waals surface area contributed by atoms with Gasteiger partial charge in [0.2, 0.25) is 0 Å². The number of rotatable bonds is 7. The van der Waals surface area contributed by atoms with Crippen molar-refractivity contribution in [1.82, 2.24) is 9.47 Å². The van der Waals surface area contributed by atoms with E-state index in [1.54, 1.807) is 55.0 Å². The number of halogens is 2. The van der Waals surface area contributed by atoms with E-state index in [4.69, 9.17) is 4.74 Å². The lowest BCUT2D eigenvalue weighted by Crippen LogP contribution is -2.49. The summed E-state index contributed by atoms with van der Waals surface area (Å²) >= 11 is 0. The molecule has 2 aromatic carbocycles. The molecule has 1 saturated heterocycles. The number of para-hydroxylation sites is 1. The van der Waals surface area contributed by atoms with Crippen molar-refractivity contribution in [3.05, 3.63) is 93.4 Å². The summed E-state index contributed by atoms with van der Waals surface area (Å²) in [6.45, 7) is 4.49. The highest BCUT2D eigenvalue weighted by molar-refractivity contribution is 5.48. The Hall–Kier alpha value is -3.23. The molecule has 0 aliphatic carbocycles. The Morgan fingerprint density at radius 2 is 1.76 bits per heavy atom. The molecule has 34 heavy (non-hydrogen) atoms. The first-order valence-corrected chi connectivity index (χ1v) is 11.3. The molecule has 0 unspecified atom stereocenters. The van der Waals surface area contributed by atoms with Crippen molar-refractivity contribution in [3.63, 3.8) is 0 Å². The quantitative estimate of drug-likeness (QED) is 0.572. The van der Waals surface area contributed by atoms with Crippen molar-refractivity contribution in [3.8, 4) is 5.75 Å². The van der Waals surface area contributed by atoms with Crippen LogP contribution in [0.3, 0.4) is 0 Å². The van der Waals surface area contributed by atoms with Gasteiger partial charge in [0.05, 0.1) is 23.9 Å². The van der Waals surface area contributed by atoms with Gasteiger partial charge in [0.15, 0.2) is 0 Å². The van der Waals surface area contributed by atoms with Crippen LogP contribution in [-0.4, -0.2) is 54.5 Å². The maximum absolute atomic E-state index is 14.3. The van der Waals surface area contributed by atoms with Gasteiger partial charge >= 0.3 is 0 Å². The van der Waals surface area contributed by atoms with Gasteiger partial charge in [-0.15, -0.1) is 0 Å². The van der Waals surface area contributed by atoms with Gasteiger partial charge in [-0.25, -0.2) is 8.78 Å². The molecule has 8 heteroatoms. The van der Waals surface area contributed by atoms with Crippen molar-refractivity contribution >= 4 is 5.69 Å². The lowest BCUT2D eigenvalue weighted by Gasteiger charge is -2.40. The zero-order valence-electron chi connectivity index (χ0n) is 19.4. The molecule has 1 aromatic heterocycles. The third kappa shape index (κ3) is 4.83. The molecule has 1 aliphatic rings. The van der Waals surface area contributed by atoms with E-state index in [1.165, 1.54) is 18.2 Å². The van der Waals surface area contributed by atoms with E-state index >= 15 is 0 Å². The number of benzene rings is 2. The number of pyridine rings is 1. The van der Waals surface area contributed by atoms with Crippen LogP contribution in [-0.2, 0) is 11.3 Å². The van der Waals surface area contributed by atoms with Gasteiger partial charge in [-0.3, -0.25) is 9.69 Å². The highest BCUT2D eigenvalue weighted by Crippen LogP contribution is 2.34. The van der Waals surface area contributed by atoms with E-state index in [0.29, 0.717) is 56.3 Å². The topological polar surface area (TPSA) is 57.9 Å². The minimum Gasteiger partial charge on any atom is -0.507 e. The van der Waals surface area contributed by atoms with Gasteiger partial charge in [-0.1, -0.05) is 24.3 Å². The molecular formula is C26H29F2N3O3. The predicted molar refractivity (Wildman–Crippen MR) is 127 cm³/mol. The van der Waals surface area contributed by atoms with Crippen LogP contribution in [0.15, 0.2) is 59.4 Å². The number of hydrogen-bond donors (Lipinski definition) is 1. The number of piperazine rings is 1. The second-order valence-corrected chi connectivity index (χ2v) is 8.47. The minimum atomic E-state index is -0.652. The molecule has 0 spiro atoms. The number of nitrogens with zero attached hydrogens (tertiary/aromatic N) is 3. The molecule has 1 N–H and O–H groups in total. The largest absolute Gasteiger partial charge is 0.507 e. The van der Waals surface area contributed by atoms with Crippen LogP contribution in [0.25, 0.3) is 0 Å². The van der Waals surface area contributed by atoms with Crippen LogP contribution in [0, 0.1) is 18.6 Å². The Bertz CT molecular complexity index is 1210. The van der Waals surface area contributed by atoms with Gasteiger partial charge in [0, 0.05) is 45.5 Å². The highest BCUT2D eigenvalue weighted by Gasteiger charge is 2.32. The van der Waals surface area contributed by atoms with Crippen molar-refractivity contribution in [2.45, 2.75) is 19.5 Å². The van der Waals surface area contributed by atoms with E-state index in [9.17, 15) is 18.7 Å². The van der Waals surface area contributed by atoms with Crippen LogP contribution < -0.4 is 10.5 Å². The monoisotopic (exact) mass is 469 g/mol. The first-order chi connectivity index (χ1) is 16.4. The number of ether oxygens (including phenoxy) is 1. The molecule has 0 saturated carbocycles. The predicted octanol–water partition coefficient (Wildman–Crippen LogP) is 3.70. The summed E-state index contributed by atoms with van der Waals surface area (Å²) in [5.41, 5.74) is 1.59. The molecule has 4 rings (SSSR count). The molecule has 0 amide bonds. The van der Waals surface area contributed by atoms with Gasteiger partial charge < -0.3 is 19.3 Å². The molecule has 0 radical (unpaired) electrons. The number of hydrogen-bond acceptors (Lipinski definition) is 5. The lowest BCUT2D eigenvalue weighted by atomic mass is 9.95. The molecule has 180 valence electrons. The standard InChI is InChI=1S/C26H29F2N3O3/c1-18-16-23(32)24(26(33)31(18)14-15-34-2)25(19-6-5-7-20(27)17-19)30-12-10-29(11-13-30)22-9-4-3-8-21(22)28/h3-9,16-17,25,32H,10-15H2,1-2H3/t25-/m1/s1. The van der Waals surface area contributed by atoms with Crippen LogP contribution in [0.4, 0.5) is 14.5 Å². The first kappa shape index (κ1) is 23.9. The van der Waals surface area contributed by atoms with Crippen molar-refractivity contribution in [2.24, 2.45) is 0 Å². The smallest absolute Gasteiger partial charge is 0.259 e. The van der Waals surface area contributed by atoms with Crippen molar-refractivity contribution in [1.29, 1.82) is 0 Å². The fourth-order valence-corrected chi connectivity index (χ4v) is 4.65. The first-order valence-electron chi connectivity index (χ1n) is 11.3. The Morgan fingerprint density at radius 1 is 1.03 bits per heavy atom. The summed E-state index contributed by atoms with van der Waals surface area (Å²) in [4.78, 5) is 17.6. The third-order valence-electron chi connectivity index (χ3n) is 6.35. The summed E-state index contributed by atoms with van der Waals surface area (Å²) in [6.07, 6.45) is 0. The van der Waals surface area contributed by atoms with Crippen LogP contribution in [0.5, 0.6) is 5.75 Å². The number of aromatic hydroxyl groups is 1. The Morgan fingerprint density at radius 3 is 2.44 bits per heavy atom. The van der Waals surface area contributed by atoms with E-state index in [2.05, 4.69) is 0 Å². The minimum absolute atomic E-state index is 0.123. The summed E-state index contributed by atoms with van der Waals surface area (Å²) < 4.78 is 35.2. The number of anilines is 1. The number of aromatic nitrogens is 1. The second-order valence-electron chi connectivity index (χ2n) is 8.47. The molecule has 3 aromatic rings. The van der Waals surface area contributed by atoms with Crippen LogP contribution in [0.2, 0.25) is 0 Å². The Kier molecular flexibility index (Phi) is 7.29. The van der Waals surface area contributed by atoms with Crippen LogP contribution in [0.1, 0.15) is 22.9 Å². The molecule has 1 aliphatic heterocycles. The fourth-order valence-electron chi connectivity index (χ4n) is 4.65. The van der Waals surface area contributed by atoms with E-state index < -0.39 is 11.9 Å². The summed E-state index contributed by atoms with van der Waals surface area (Å²) in [5.74, 6) is -0.824. The lowest BCUT2D eigenvalue weighted by molar-refractivity contribution is 0.183. The Balaban J connectivity index is 1.73. The summed E-state index contributed by atoms with van der Waals surface area (Å²) in [7, 11) is 1.56. The second kappa shape index (κ2) is 10.4. The maximum atomic E-state index is 14.3. The average molecular weight is 470 g/mol. The molecular weight excluding hydrogens is 440 g/mol. The van der Waals surface area contributed by atoms with E-state index in [0.717, 1.165) is 0 Å². The van der Waals surface area contributed by atoms with Crippen molar-refractivity contribution in [2.75, 3.05) is 44.8 Å².